The van der Waals surface area contributed by atoms with Gasteiger partial charge in [-0.3, -0.25) is 0 Å². The van der Waals surface area contributed by atoms with Crippen LogP contribution in [0.1, 0.15) is 12.5 Å². The SMILES string of the molecule is CCOc1ccc(-c2ccc(N3CCN(C(=O)Nc4cccc(C)c4)CC3)nn2)cc1. The van der Waals surface area contributed by atoms with Gasteiger partial charge in [-0.2, -0.15) is 0 Å². The molecule has 0 saturated carbocycles. The number of amides is 2. The molecule has 1 N–H and O–H groups in total. The van der Waals surface area contributed by atoms with E-state index in [1.165, 1.54) is 0 Å². The van der Waals surface area contributed by atoms with Gasteiger partial charge in [0.15, 0.2) is 5.82 Å². The molecule has 1 fully saturated rings. The largest absolute Gasteiger partial charge is 0.494 e. The Hall–Kier alpha value is -3.61. The van der Waals surface area contributed by atoms with E-state index in [0.717, 1.165) is 47.2 Å². The van der Waals surface area contributed by atoms with E-state index in [1.54, 1.807) is 0 Å². The van der Waals surface area contributed by atoms with Crippen molar-refractivity contribution in [2.45, 2.75) is 13.8 Å². The highest BCUT2D eigenvalue weighted by atomic mass is 16.5. The van der Waals surface area contributed by atoms with Gasteiger partial charge in [0.1, 0.15) is 5.75 Å². The summed E-state index contributed by atoms with van der Waals surface area (Å²) in [5.74, 6) is 1.67. The fourth-order valence-corrected chi connectivity index (χ4v) is 3.60. The number of rotatable bonds is 5. The number of anilines is 2. The second-order valence-electron chi connectivity index (χ2n) is 7.51. The lowest BCUT2D eigenvalue weighted by atomic mass is 10.1. The summed E-state index contributed by atoms with van der Waals surface area (Å²) in [5, 5.41) is 11.8. The van der Waals surface area contributed by atoms with E-state index in [-0.39, 0.29) is 6.03 Å². The molecule has 3 aromatic rings. The maximum absolute atomic E-state index is 12.5. The van der Waals surface area contributed by atoms with Gasteiger partial charge in [-0.1, -0.05) is 12.1 Å². The van der Waals surface area contributed by atoms with Gasteiger partial charge in [-0.05, 0) is 67.9 Å². The van der Waals surface area contributed by atoms with Gasteiger partial charge >= 0.3 is 6.03 Å². The minimum atomic E-state index is -0.0674. The zero-order chi connectivity index (χ0) is 21.6. The minimum absolute atomic E-state index is 0.0674. The summed E-state index contributed by atoms with van der Waals surface area (Å²) < 4.78 is 5.48. The van der Waals surface area contributed by atoms with Crippen LogP contribution in [0.3, 0.4) is 0 Å². The maximum atomic E-state index is 12.5. The number of aromatic nitrogens is 2. The molecule has 0 radical (unpaired) electrons. The van der Waals surface area contributed by atoms with Gasteiger partial charge in [-0.15, -0.1) is 10.2 Å². The van der Waals surface area contributed by atoms with E-state index in [4.69, 9.17) is 4.74 Å². The lowest BCUT2D eigenvalue weighted by Gasteiger charge is -2.35. The molecular formula is C24H27N5O2. The van der Waals surface area contributed by atoms with Crippen molar-refractivity contribution in [2.75, 3.05) is 43.0 Å². The van der Waals surface area contributed by atoms with Crippen LogP contribution < -0.4 is 15.0 Å². The van der Waals surface area contributed by atoms with Gasteiger partial charge < -0.3 is 19.9 Å². The summed E-state index contributed by atoms with van der Waals surface area (Å²) in [6, 6.07) is 19.6. The van der Waals surface area contributed by atoms with Gasteiger partial charge in [-0.25, -0.2) is 4.79 Å². The molecule has 160 valence electrons. The highest BCUT2D eigenvalue weighted by Gasteiger charge is 2.22. The van der Waals surface area contributed by atoms with Crippen molar-refractivity contribution in [2.24, 2.45) is 0 Å². The average Bonchev–Trinajstić information content (AvgIpc) is 2.80. The summed E-state index contributed by atoms with van der Waals surface area (Å²) in [7, 11) is 0. The molecule has 2 heterocycles. The molecule has 0 atom stereocenters. The quantitative estimate of drug-likeness (QED) is 0.674. The predicted molar refractivity (Wildman–Crippen MR) is 123 cm³/mol. The number of urea groups is 1. The molecule has 0 unspecified atom stereocenters. The van der Waals surface area contributed by atoms with E-state index in [0.29, 0.717) is 19.7 Å². The summed E-state index contributed by atoms with van der Waals surface area (Å²) in [6.45, 7) is 7.34. The number of ether oxygens (including phenoxy) is 1. The van der Waals surface area contributed by atoms with Gasteiger partial charge in [0, 0.05) is 37.4 Å². The Kier molecular flexibility index (Phi) is 6.31. The lowest BCUT2D eigenvalue weighted by molar-refractivity contribution is 0.208. The number of hydrogen-bond acceptors (Lipinski definition) is 5. The maximum Gasteiger partial charge on any atom is 0.321 e. The third kappa shape index (κ3) is 5.12. The third-order valence-corrected chi connectivity index (χ3v) is 5.27. The number of piperazine rings is 1. The van der Waals surface area contributed by atoms with Crippen LogP contribution in [0, 0.1) is 6.92 Å². The van der Waals surface area contributed by atoms with Gasteiger partial charge in [0.25, 0.3) is 0 Å². The Morgan fingerprint density at radius 1 is 1.00 bits per heavy atom. The molecule has 7 heteroatoms. The first kappa shape index (κ1) is 20.7. The van der Waals surface area contributed by atoms with Crippen molar-refractivity contribution in [1.29, 1.82) is 0 Å². The molecule has 1 aromatic heterocycles. The number of nitrogens with one attached hydrogen (secondary N) is 1. The molecule has 2 aromatic carbocycles. The standard InChI is InChI=1S/C24H27N5O2/c1-3-31-21-9-7-19(8-10-21)22-11-12-23(27-26-22)28-13-15-29(16-14-28)24(30)25-20-6-4-5-18(2)17-20/h4-12,17H,3,13-16H2,1-2H3,(H,25,30). The fraction of sp³-hybridized carbons (Fsp3) is 0.292. The molecule has 7 nitrogen and oxygen atoms in total. The number of hydrogen-bond donors (Lipinski definition) is 1. The number of aryl methyl sites for hydroxylation is 1. The second-order valence-corrected chi connectivity index (χ2v) is 7.51. The highest BCUT2D eigenvalue weighted by Crippen LogP contribution is 2.22. The first-order valence-electron chi connectivity index (χ1n) is 10.6. The van der Waals surface area contributed by atoms with E-state index in [1.807, 2.05) is 79.4 Å². The van der Waals surface area contributed by atoms with Crippen molar-refractivity contribution >= 4 is 17.5 Å². The molecular weight excluding hydrogens is 390 g/mol. The summed E-state index contributed by atoms with van der Waals surface area (Å²) >= 11 is 0. The molecule has 1 aliphatic rings. The van der Waals surface area contributed by atoms with E-state index in [2.05, 4.69) is 20.4 Å². The molecule has 2 amide bonds. The van der Waals surface area contributed by atoms with Crippen LogP contribution in [-0.4, -0.2) is 53.9 Å². The topological polar surface area (TPSA) is 70.6 Å². The van der Waals surface area contributed by atoms with Crippen molar-refractivity contribution in [1.82, 2.24) is 15.1 Å². The number of carbonyl (C=O) groups is 1. The van der Waals surface area contributed by atoms with E-state index < -0.39 is 0 Å². The normalized spacial score (nSPS) is 13.7. The number of benzene rings is 2. The molecule has 1 aliphatic heterocycles. The van der Waals surface area contributed by atoms with Gasteiger partial charge in [0.2, 0.25) is 0 Å². The van der Waals surface area contributed by atoms with Crippen LogP contribution in [-0.2, 0) is 0 Å². The average molecular weight is 418 g/mol. The van der Waals surface area contributed by atoms with Crippen LogP contribution in [0.5, 0.6) is 5.75 Å². The van der Waals surface area contributed by atoms with Crippen molar-refractivity contribution in [3.63, 3.8) is 0 Å². The zero-order valence-electron chi connectivity index (χ0n) is 17.9. The Morgan fingerprint density at radius 3 is 2.42 bits per heavy atom. The fourth-order valence-electron chi connectivity index (χ4n) is 3.60. The zero-order valence-corrected chi connectivity index (χ0v) is 17.9. The summed E-state index contributed by atoms with van der Waals surface area (Å²) in [5.41, 5.74) is 3.76. The molecule has 31 heavy (non-hydrogen) atoms. The van der Waals surface area contributed by atoms with Crippen molar-refractivity contribution in [3.8, 4) is 17.0 Å². The highest BCUT2D eigenvalue weighted by molar-refractivity contribution is 5.89. The minimum Gasteiger partial charge on any atom is -0.494 e. The van der Waals surface area contributed by atoms with Crippen molar-refractivity contribution < 1.29 is 9.53 Å². The summed E-state index contributed by atoms with van der Waals surface area (Å²) in [6.07, 6.45) is 0. The predicted octanol–water partition coefficient (Wildman–Crippen LogP) is 4.20. The van der Waals surface area contributed by atoms with E-state index >= 15 is 0 Å². The Morgan fingerprint density at radius 2 is 1.77 bits per heavy atom. The summed E-state index contributed by atoms with van der Waals surface area (Å²) in [4.78, 5) is 16.5. The monoisotopic (exact) mass is 417 g/mol. The lowest BCUT2D eigenvalue weighted by Crippen LogP contribution is -2.50. The van der Waals surface area contributed by atoms with Crippen molar-refractivity contribution in [3.05, 3.63) is 66.2 Å². The second kappa shape index (κ2) is 9.47. The van der Waals surface area contributed by atoms with Crippen LogP contribution in [0.15, 0.2) is 60.7 Å². The smallest absolute Gasteiger partial charge is 0.321 e. The van der Waals surface area contributed by atoms with Crippen LogP contribution in [0.2, 0.25) is 0 Å². The molecule has 0 spiro atoms. The molecule has 0 bridgehead atoms. The van der Waals surface area contributed by atoms with Crippen LogP contribution >= 0.6 is 0 Å². The molecule has 0 aliphatic carbocycles. The van der Waals surface area contributed by atoms with Crippen LogP contribution in [0.25, 0.3) is 11.3 Å². The molecule has 1 saturated heterocycles. The first-order valence-corrected chi connectivity index (χ1v) is 10.6. The van der Waals surface area contributed by atoms with Crippen LogP contribution in [0.4, 0.5) is 16.3 Å². The third-order valence-electron chi connectivity index (χ3n) is 5.27. The van der Waals surface area contributed by atoms with E-state index in [9.17, 15) is 4.79 Å². The Bertz CT molecular complexity index is 1010. The first-order chi connectivity index (χ1) is 15.1. The number of carbonyl (C=O) groups excluding carboxylic acids is 1. The Labute approximate surface area is 182 Å². The molecule has 4 rings (SSSR count). The number of nitrogens with zero attached hydrogens (tertiary/aromatic N) is 4. The van der Waals surface area contributed by atoms with Gasteiger partial charge in [0.05, 0.1) is 12.3 Å². The Balaban J connectivity index is 1.33.